The summed E-state index contributed by atoms with van der Waals surface area (Å²) in [5.41, 5.74) is 5.02. The number of aromatic nitrogens is 3. The third kappa shape index (κ3) is 3.07. The zero-order chi connectivity index (χ0) is 19.7. The SMILES string of the molecule is C=CCc1cc(C(C)(C)c2ccccc2)cc(-n2nc3ccccc3n2)c1O. The van der Waals surface area contributed by atoms with Gasteiger partial charge in [-0.2, -0.15) is 0 Å². The average molecular weight is 369 g/mol. The average Bonchev–Trinajstić information content (AvgIpc) is 3.14. The number of allylic oxidation sites excluding steroid dienone is 1. The van der Waals surface area contributed by atoms with Crippen molar-refractivity contribution in [2.45, 2.75) is 25.7 Å². The molecule has 28 heavy (non-hydrogen) atoms. The molecule has 0 atom stereocenters. The largest absolute Gasteiger partial charge is 0.505 e. The van der Waals surface area contributed by atoms with Gasteiger partial charge in [0.2, 0.25) is 0 Å². The smallest absolute Gasteiger partial charge is 0.146 e. The summed E-state index contributed by atoms with van der Waals surface area (Å²) >= 11 is 0. The summed E-state index contributed by atoms with van der Waals surface area (Å²) in [5.74, 6) is 0.188. The van der Waals surface area contributed by atoms with E-state index in [2.05, 4.69) is 48.8 Å². The Bertz CT molecular complexity index is 1110. The molecule has 4 aromatic rings. The highest BCUT2D eigenvalue weighted by Crippen LogP contribution is 2.37. The van der Waals surface area contributed by atoms with Crippen molar-refractivity contribution in [3.8, 4) is 11.4 Å². The molecule has 4 heteroatoms. The Morgan fingerprint density at radius 3 is 2.14 bits per heavy atom. The molecule has 0 amide bonds. The first-order valence-electron chi connectivity index (χ1n) is 9.36. The summed E-state index contributed by atoms with van der Waals surface area (Å²) in [4.78, 5) is 1.52. The Morgan fingerprint density at radius 1 is 0.929 bits per heavy atom. The van der Waals surface area contributed by atoms with Crippen molar-refractivity contribution in [1.29, 1.82) is 0 Å². The lowest BCUT2D eigenvalue weighted by atomic mass is 9.77. The molecule has 0 spiro atoms. The number of aromatic hydroxyl groups is 1. The maximum atomic E-state index is 10.9. The fourth-order valence-electron chi connectivity index (χ4n) is 3.49. The molecule has 1 aromatic heterocycles. The van der Waals surface area contributed by atoms with Crippen LogP contribution in [0.4, 0.5) is 0 Å². The number of phenols is 1. The van der Waals surface area contributed by atoms with Crippen LogP contribution < -0.4 is 0 Å². The van der Waals surface area contributed by atoms with E-state index in [1.807, 2.05) is 48.5 Å². The van der Waals surface area contributed by atoms with E-state index in [9.17, 15) is 5.11 Å². The van der Waals surface area contributed by atoms with Crippen molar-refractivity contribution in [3.63, 3.8) is 0 Å². The van der Waals surface area contributed by atoms with E-state index in [-0.39, 0.29) is 11.2 Å². The summed E-state index contributed by atoms with van der Waals surface area (Å²) in [7, 11) is 0. The van der Waals surface area contributed by atoms with Gasteiger partial charge in [-0.25, -0.2) is 0 Å². The van der Waals surface area contributed by atoms with Crippen LogP contribution in [-0.2, 0) is 11.8 Å². The molecule has 0 bridgehead atoms. The van der Waals surface area contributed by atoms with Crippen molar-refractivity contribution in [2.75, 3.05) is 0 Å². The van der Waals surface area contributed by atoms with Crippen molar-refractivity contribution in [3.05, 3.63) is 96.1 Å². The van der Waals surface area contributed by atoms with E-state index in [4.69, 9.17) is 0 Å². The van der Waals surface area contributed by atoms with Gasteiger partial charge in [0.25, 0.3) is 0 Å². The van der Waals surface area contributed by atoms with Gasteiger partial charge >= 0.3 is 0 Å². The fourth-order valence-corrected chi connectivity index (χ4v) is 3.49. The van der Waals surface area contributed by atoms with Crippen molar-refractivity contribution >= 4 is 11.0 Å². The second-order valence-corrected chi connectivity index (χ2v) is 7.47. The third-order valence-electron chi connectivity index (χ3n) is 5.25. The molecule has 0 radical (unpaired) electrons. The number of rotatable bonds is 5. The Hall–Kier alpha value is -3.40. The first-order valence-corrected chi connectivity index (χ1v) is 9.36. The fraction of sp³-hybridized carbons (Fsp3) is 0.167. The molecule has 0 aliphatic heterocycles. The molecule has 0 saturated heterocycles. The topological polar surface area (TPSA) is 50.9 Å². The third-order valence-corrected chi connectivity index (χ3v) is 5.25. The van der Waals surface area contributed by atoms with Crippen LogP contribution in [0.2, 0.25) is 0 Å². The predicted molar refractivity (Wildman–Crippen MR) is 113 cm³/mol. The van der Waals surface area contributed by atoms with Crippen LogP contribution in [0.1, 0.15) is 30.5 Å². The first kappa shape index (κ1) is 18.0. The van der Waals surface area contributed by atoms with Crippen LogP contribution in [0.15, 0.2) is 79.4 Å². The molecule has 4 nitrogen and oxygen atoms in total. The van der Waals surface area contributed by atoms with Gasteiger partial charge in [-0.15, -0.1) is 21.6 Å². The van der Waals surface area contributed by atoms with Gasteiger partial charge in [0, 0.05) is 11.0 Å². The van der Waals surface area contributed by atoms with Crippen LogP contribution in [-0.4, -0.2) is 20.1 Å². The molecule has 0 saturated carbocycles. The Labute approximate surface area is 164 Å². The van der Waals surface area contributed by atoms with E-state index in [0.717, 1.165) is 22.2 Å². The van der Waals surface area contributed by atoms with Crippen molar-refractivity contribution in [1.82, 2.24) is 15.0 Å². The van der Waals surface area contributed by atoms with Gasteiger partial charge in [0.1, 0.15) is 22.5 Å². The molecule has 0 aliphatic rings. The Balaban J connectivity index is 1.92. The first-order chi connectivity index (χ1) is 13.5. The summed E-state index contributed by atoms with van der Waals surface area (Å²) in [6.45, 7) is 8.20. The summed E-state index contributed by atoms with van der Waals surface area (Å²) in [6.07, 6.45) is 2.36. The highest BCUT2D eigenvalue weighted by Gasteiger charge is 2.26. The second-order valence-electron chi connectivity index (χ2n) is 7.47. The summed E-state index contributed by atoms with van der Waals surface area (Å²) in [6, 6.07) is 22.1. The molecular formula is C24H23N3O. The van der Waals surface area contributed by atoms with Crippen molar-refractivity contribution < 1.29 is 5.11 Å². The quantitative estimate of drug-likeness (QED) is 0.493. The number of benzene rings is 3. The number of hydrogen-bond donors (Lipinski definition) is 1. The van der Waals surface area contributed by atoms with Crippen LogP contribution in [0.5, 0.6) is 5.75 Å². The van der Waals surface area contributed by atoms with E-state index < -0.39 is 0 Å². The van der Waals surface area contributed by atoms with Crippen LogP contribution in [0.3, 0.4) is 0 Å². The molecule has 1 N–H and O–H groups in total. The molecule has 0 unspecified atom stereocenters. The highest BCUT2D eigenvalue weighted by atomic mass is 16.3. The monoisotopic (exact) mass is 369 g/mol. The zero-order valence-electron chi connectivity index (χ0n) is 16.1. The minimum atomic E-state index is -0.244. The second kappa shape index (κ2) is 6.97. The van der Waals surface area contributed by atoms with Crippen LogP contribution in [0, 0.1) is 0 Å². The number of nitrogens with zero attached hydrogens (tertiary/aromatic N) is 3. The molecule has 0 aliphatic carbocycles. The van der Waals surface area contributed by atoms with Crippen LogP contribution >= 0.6 is 0 Å². The maximum Gasteiger partial charge on any atom is 0.146 e. The number of phenolic OH excluding ortho intramolecular Hbond substituents is 1. The van der Waals surface area contributed by atoms with Gasteiger partial charge < -0.3 is 5.11 Å². The summed E-state index contributed by atoms with van der Waals surface area (Å²) in [5, 5.41) is 20.0. The molecular weight excluding hydrogens is 346 g/mol. The predicted octanol–water partition coefficient (Wildman–Crippen LogP) is 5.18. The van der Waals surface area contributed by atoms with Crippen LogP contribution in [0.25, 0.3) is 16.7 Å². The van der Waals surface area contributed by atoms with Gasteiger partial charge in [-0.3, -0.25) is 0 Å². The maximum absolute atomic E-state index is 10.9. The van der Waals surface area contributed by atoms with E-state index in [1.54, 1.807) is 6.08 Å². The Morgan fingerprint density at radius 2 is 1.54 bits per heavy atom. The molecule has 0 fully saturated rings. The molecule has 4 rings (SSSR count). The Kier molecular flexibility index (Phi) is 4.47. The van der Waals surface area contributed by atoms with E-state index in [0.29, 0.717) is 12.1 Å². The molecule has 3 aromatic carbocycles. The van der Waals surface area contributed by atoms with Gasteiger partial charge in [-0.1, -0.05) is 68.5 Å². The molecule has 140 valence electrons. The lowest BCUT2D eigenvalue weighted by Crippen LogP contribution is -2.20. The molecule has 1 heterocycles. The van der Waals surface area contributed by atoms with E-state index in [1.165, 1.54) is 10.4 Å². The lowest BCUT2D eigenvalue weighted by molar-refractivity contribution is 0.461. The minimum absolute atomic E-state index is 0.188. The van der Waals surface area contributed by atoms with E-state index >= 15 is 0 Å². The zero-order valence-corrected chi connectivity index (χ0v) is 16.1. The standard InChI is InChI=1S/C24H23N3O/c1-4-10-17-15-19(24(2,3)18-11-6-5-7-12-18)16-22(23(17)28)27-25-20-13-8-9-14-21(20)26-27/h4-9,11-16,28H,1,10H2,2-3H3. The minimum Gasteiger partial charge on any atom is -0.505 e. The highest BCUT2D eigenvalue weighted by molar-refractivity contribution is 5.73. The van der Waals surface area contributed by atoms with Crippen molar-refractivity contribution in [2.24, 2.45) is 0 Å². The van der Waals surface area contributed by atoms with Gasteiger partial charge in [-0.05, 0) is 35.7 Å². The number of fused-ring (bicyclic) bond motifs is 1. The lowest BCUT2D eigenvalue weighted by Gasteiger charge is -2.27. The number of hydrogen-bond acceptors (Lipinski definition) is 3. The van der Waals surface area contributed by atoms with Gasteiger partial charge in [0.15, 0.2) is 0 Å². The summed E-state index contributed by atoms with van der Waals surface area (Å²) < 4.78 is 0. The van der Waals surface area contributed by atoms with Gasteiger partial charge in [0.05, 0.1) is 0 Å². The normalized spacial score (nSPS) is 11.6.